The van der Waals surface area contributed by atoms with E-state index in [0.29, 0.717) is 11.4 Å². The number of rotatable bonds is 2. The normalized spacial score (nSPS) is 12.3. The maximum absolute atomic E-state index is 10.5. The third-order valence-electron chi connectivity index (χ3n) is 2.27. The molecule has 0 aliphatic rings. The van der Waals surface area contributed by atoms with E-state index in [1.807, 2.05) is 0 Å². The second-order valence-corrected chi connectivity index (χ2v) is 3.95. The van der Waals surface area contributed by atoms with Crippen molar-refractivity contribution in [2.75, 3.05) is 0 Å². The van der Waals surface area contributed by atoms with Crippen molar-refractivity contribution in [2.45, 2.75) is 19.4 Å². The van der Waals surface area contributed by atoms with Crippen molar-refractivity contribution in [1.29, 1.82) is 0 Å². The third-order valence-corrected chi connectivity index (χ3v) is 2.27. The molecule has 0 bridgehead atoms. The number of hydrogen-bond donors (Lipinski definition) is 1. The van der Waals surface area contributed by atoms with E-state index < -0.39 is 5.60 Å². The Balaban J connectivity index is 0.000000204. The smallest absolute Gasteiger partial charge is 0.179 e. The molecule has 0 radical (unpaired) electrons. The van der Waals surface area contributed by atoms with Crippen LogP contribution in [0, 0.1) is 12.3 Å². The first-order valence-electron chi connectivity index (χ1n) is 5.71. The molecule has 0 aliphatic carbocycles. The second-order valence-electron chi connectivity index (χ2n) is 3.95. The molecule has 0 fully saturated rings. The van der Waals surface area contributed by atoms with Crippen molar-refractivity contribution in [1.82, 2.24) is 19.9 Å². The van der Waals surface area contributed by atoms with Gasteiger partial charge in [0.25, 0.3) is 0 Å². The fourth-order valence-electron chi connectivity index (χ4n) is 1.11. The molecule has 2 aromatic heterocycles. The largest absolute Gasteiger partial charge is 0.372 e. The molecular formula is C14H14N4O2. The molecule has 6 nitrogen and oxygen atoms in total. The van der Waals surface area contributed by atoms with Gasteiger partial charge in [0.05, 0.1) is 12.4 Å². The van der Waals surface area contributed by atoms with Gasteiger partial charge in [-0.3, -0.25) is 19.7 Å². The number of ketones is 1. The number of aliphatic hydroxyl groups is 1. The lowest BCUT2D eigenvalue weighted by Gasteiger charge is -2.13. The van der Waals surface area contributed by atoms with Crippen LogP contribution in [0.1, 0.15) is 30.0 Å². The fourth-order valence-corrected chi connectivity index (χ4v) is 1.11. The summed E-state index contributed by atoms with van der Waals surface area (Å²) in [5.74, 6) is 2.16. The minimum atomic E-state index is -1.31. The Morgan fingerprint density at radius 2 is 1.80 bits per heavy atom. The topological polar surface area (TPSA) is 88.9 Å². The molecule has 1 atom stereocenters. The van der Waals surface area contributed by atoms with Crippen LogP contribution in [-0.2, 0) is 5.60 Å². The Morgan fingerprint density at radius 1 is 1.20 bits per heavy atom. The maximum atomic E-state index is 10.5. The summed E-state index contributed by atoms with van der Waals surface area (Å²) in [5, 5.41) is 9.46. The van der Waals surface area contributed by atoms with Crippen LogP contribution in [0.4, 0.5) is 0 Å². The summed E-state index contributed by atoms with van der Waals surface area (Å²) >= 11 is 0. The van der Waals surface area contributed by atoms with E-state index in [9.17, 15) is 9.90 Å². The molecule has 0 aliphatic heterocycles. The standard InChI is InChI=1S/C8H8N2O.C6H6N2O/c1-3-8(2,11)7-6-9-4-5-10-7;1-5(9)6-4-7-2-3-8-6/h1,4-6,11H,2H3;2-4H,1H3. The van der Waals surface area contributed by atoms with E-state index in [1.54, 1.807) is 0 Å². The van der Waals surface area contributed by atoms with Crippen LogP contribution >= 0.6 is 0 Å². The van der Waals surface area contributed by atoms with E-state index in [4.69, 9.17) is 6.42 Å². The van der Waals surface area contributed by atoms with Gasteiger partial charge in [0.15, 0.2) is 11.4 Å². The van der Waals surface area contributed by atoms with Gasteiger partial charge in [-0.15, -0.1) is 6.42 Å². The molecule has 2 heterocycles. The van der Waals surface area contributed by atoms with Crippen molar-refractivity contribution in [3.05, 3.63) is 48.6 Å². The molecule has 0 amide bonds. The third kappa shape index (κ3) is 4.55. The Bertz CT molecular complexity index is 592. The summed E-state index contributed by atoms with van der Waals surface area (Å²) in [6, 6.07) is 0. The zero-order valence-electron chi connectivity index (χ0n) is 11.2. The van der Waals surface area contributed by atoms with Crippen LogP contribution in [0.5, 0.6) is 0 Å². The average Bonchev–Trinajstić information content (AvgIpc) is 2.49. The van der Waals surface area contributed by atoms with Crippen molar-refractivity contribution >= 4 is 5.78 Å². The lowest BCUT2D eigenvalue weighted by molar-refractivity contribution is 0.101. The zero-order chi connectivity index (χ0) is 15.0. The van der Waals surface area contributed by atoms with Crippen LogP contribution in [-0.4, -0.2) is 30.8 Å². The quantitative estimate of drug-likeness (QED) is 0.646. The van der Waals surface area contributed by atoms with Gasteiger partial charge < -0.3 is 5.11 Å². The Hall–Kier alpha value is -2.65. The first kappa shape index (κ1) is 15.4. The summed E-state index contributed by atoms with van der Waals surface area (Å²) in [6.45, 7) is 2.96. The lowest BCUT2D eigenvalue weighted by atomic mass is 10.1. The molecule has 2 rings (SSSR count). The van der Waals surface area contributed by atoms with Crippen LogP contribution in [0.25, 0.3) is 0 Å². The molecule has 0 saturated carbocycles. The lowest BCUT2D eigenvalue weighted by Crippen LogP contribution is -2.19. The summed E-state index contributed by atoms with van der Waals surface area (Å²) in [4.78, 5) is 25.7. The number of hydrogen-bond acceptors (Lipinski definition) is 6. The van der Waals surface area contributed by atoms with Crippen LogP contribution in [0.2, 0.25) is 0 Å². The molecule has 20 heavy (non-hydrogen) atoms. The van der Waals surface area contributed by atoms with Crippen LogP contribution in [0.3, 0.4) is 0 Å². The molecule has 6 heteroatoms. The predicted molar refractivity (Wildman–Crippen MR) is 72.5 cm³/mol. The van der Waals surface area contributed by atoms with E-state index in [1.165, 1.54) is 51.0 Å². The number of carbonyl (C=O) groups is 1. The molecule has 0 spiro atoms. The maximum Gasteiger partial charge on any atom is 0.179 e. The summed E-state index contributed by atoms with van der Waals surface area (Å²) in [7, 11) is 0. The van der Waals surface area contributed by atoms with Gasteiger partial charge in [0, 0.05) is 31.7 Å². The SMILES string of the molecule is C#CC(C)(O)c1cnccn1.CC(=O)c1cnccn1. The first-order valence-corrected chi connectivity index (χ1v) is 5.71. The predicted octanol–water partition coefficient (Wildman–Crippen LogP) is 0.996. The number of nitrogens with zero attached hydrogens (tertiary/aromatic N) is 4. The Labute approximate surface area is 117 Å². The summed E-state index contributed by atoms with van der Waals surface area (Å²) in [5.41, 5.74) is -0.506. The van der Waals surface area contributed by atoms with Crippen molar-refractivity contribution in [2.24, 2.45) is 0 Å². The van der Waals surface area contributed by atoms with Gasteiger partial charge in [-0.05, 0) is 6.92 Å². The number of Topliss-reactive ketones (excluding diaryl/α,β-unsaturated/α-hetero) is 1. The highest BCUT2D eigenvalue weighted by atomic mass is 16.3. The van der Waals surface area contributed by atoms with Gasteiger partial charge in [-0.1, -0.05) is 5.92 Å². The monoisotopic (exact) mass is 270 g/mol. The molecule has 2 aromatic rings. The average molecular weight is 270 g/mol. The molecule has 1 unspecified atom stereocenters. The second kappa shape index (κ2) is 7.07. The first-order chi connectivity index (χ1) is 9.47. The molecular weight excluding hydrogens is 256 g/mol. The minimum absolute atomic E-state index is 0.0527. The summed E-state index contributed by atoms with van der Waals surface area (Å²) < 4.78 is 0. The zero-order valence-corrected chi connectivity index (χ0v) is 11.2. The van der Waals surface area contributed by atoms with Crippen molar-refractivity contribution < 1.29 is 9.90 Å². The van der Waals surface area contributed by atoms with E-state index in [2.05, 4.69) is 25.9 Å². The Kier molecular flexibility index (Phi) is 5.44. The van der Waals surface area contributed by atoms with E-state index >= 15 is 0 Å². The fraction of sp³-hybridized carbons (Fsp3) is 0.214. The molecule has 102 valence electrons. The highest BCUT2D eigenvalue weighted by Gasteiger charge is 2.20. The number of terminal acetylenes is 1. The van der Waals surface area contributed by atoms with Crippen LogP contribution in [0.15, 0.2) is 37.2 Å². The van der Waals surface area contributed by atoms with Gasteiger partial charge in [0.1, 0.15) is 11.4 Å². The van der Waals surface area contributed by atoms with E-state index in [0.717, 1.165) is 0 Å². The van der Waals surface area contributed by atoms with Crippen LogP contribution < -0.4 is 0 Å². The number of carbonyl (C=O) groups excluding carboxylic acids is 1. The van der Waals surface area contributed by atoms with Gasteiger partial charge in [-0.2, -0.15) is 0 Å². The Morgan fingerprint density at radius 3 is 2.15 bits per heavy atom. The van der Waals surface area contributed by atoms with Gasteiger partial charge >= 0.3 is 0 Å². The number of aromatic nitrogens is 4. The van der Waals surface area contributed by atoms with E-state index in [-0.39, 0.29) is 5.78 Å². The minimum Gasteiger partial charge on any atom is -0.372 e. The highest BCUT2D eigenvalue weighted by molar-refractivity contribution is 5.91. The van der Waals surface area contributed by atoms with Crippen molar-refractivity contribution in [3.8, 4) is 12.3 Å². The molecule has 1 N–H and O–H groups in total. The van der Waals surface area contributed by atoms with Gasteiger partial charge in [-0.25, -0.2) is 4.98 Å². The van der Waals surface area contributed by atoms with Crippen molar-refractivity contribution in [3.63, 3.8) is 0 Å². The van der Waals surface area contributed by atoms with Gasteiger partial charge in [0.2, 0.25) is 0 Å². The highest BCUT2D eigenvalue weighted by Crippen LogP contribution is 2.14. The summed E-state index contributed by atoms with van der Waals surface area (Å²) in [6.07, 6.45) is 14.0. The molecule has 0 aromatic carbocycles. The molecule has 0 saturated heterocycles.